The molecule has 2 heterocycles. The third-order valence-electron chi connectivity index (χ3n) is 11.2. The van der Waals surface area contributed by atoms with Gasteiger partial charge in [0.25, 0.3) is 0 Å². The molecule has 0 aliphatic carbocycles. The Balaban J connectivity index is 1.10. The fourth-order valence-corrected chi connectivity index (χ4v) is 8.82. The minimum absolute atomic E-state index is 0.0366. The van der Waals surface area contributed by atoms with Crippen LogP contribution < -0.4 is 0 Å². The van der Waals surface area contributed by atoms with E-state index >= 15 is 0 Å². The minimum Gasteiger partial charge on any atom is -0.208 e. The lowest BCUT2D eigenvalue weighted by Gasteiger charge is -2.12. The first-order valence-corrected chi connectivity index (χ1v) is 21.4. The number of aromatic nitrogens is 3. The minimum atomic E-state index is -0.286. The number of benzene rings is 9. The van der Waals surface area contributed by atoms with Gasteiger partial charge >= 0.3 is 0 Å². The average Bonchev–Trinajstić information content (AvgIpc) is 3.83. The van der Waals surface area contributed by atoms with Crippen molar-refractivity contribution in [1.29, 1.82) is 0 Å². The van der Waals surface area contributed by atoms with Crippen molar-refractivity contribution in [3.8, 4) is 89.8 Å². The van der Waals surface area contributed by atoms with Gasteiger partial charge in [-0.15, -0.1) is 11.3 Å². The number of fused-ring (bicyclic) bond motifs is 3. The highest BCUT2D eigenvalue weighted by Gasteiger charge is 2.16. The van der Waals surface area contributed by atoms with Gasteiger partial charge in [-0.05, 0) is 104 Å². The summed E-state index contributed by atoms with van der Waals surface area (Å²) in [4.78, 5) is 14.9. The van der Waals surface area contributed by atoms with Crippen LogP contribution in [0, 0.1) is 0 Å². The third kappa shape index (κ3) is 7.65. The number of hydrogen-bond acceptors (Lipinski definition) is 4. The molecule has 0 aliphatic heterocycles. The summed E-state index contributed by atoms with van der Waals surface area (Å²) in [5.74, 6) is 0.710. The Morgan fingerprint density at radius 2 is 0.794 bits per heavy atom. The summed E-state index contributed by atoms with van der Waals surface area (Å²) in [5, 5.41) is 0.489. The van der Waals surface area contributed by atoms with Gasteiger partial charge in [0.2, 0.25) is 0 Å². The summed E-state index contributed by atoms with van der Waals surface area (Å²) in [6.45, 7) is 3.87. The lowest BCUT2D eigenvalue weighted by molar-refractivity contribution is 1.07. The number of rotatable bonds is 9. The SMILES string of the molecule is [2H]c1c(-c2cc(-c3ccccc3)cc(-c3ccccc3)c2)c([2H])c2c(sc3c([2H])c(-c4nc(-c5ccc(-c6ccc(C=C)cc6)cc5)nc(-c5cccc(-c6ccccc6)c5)n4)c([2H])c([2H])c32)c1[2H]. The first kappa shape index (κ1) is 31.8. The third-order valence-corrected chi connectivity index (χ3v) is 12.2. The molecule has 3 nitrogen and oxygen atoms in total. The van der Waals surface area contributed by atoms with Crippen molar-refractivity contribution in [3.05, 3.63) is 230 Å². The monoisotopic (exact) mass is 827 g/mol. The number of thiophene rings is 1. The highest BCUT2D eigenvalue weighted by molar-refractivity contribution is 7.25. The Kier molecular flexibility index (Phi) is 8.29. The van der Waals surface area contributed by atoms with Crippen molar-refractivity contribution in [2.24, 2.45) is 0 Å². The zero-order valence-corrected chi connectivity index (χ0v) is 34.7. The summed E-state index contributed by atoms with van der Waals surface area (Å²) in [6, 6.07) is 58.8. The summed E-state index contributed by atoms with van der Waals surface area (Å²) in [6.07, 6.45) is 1.81. The smallest absolute Gasteiger partial charge is 0.164 e. The predicted octanol–water partition coefficient (Wildman–Crippen LogP) is 16.2. The van der Waals surface area contributed by atoms with Crippen LogP contribution >= 0.6 is 11.3 Å². The molecule has 9 aromatic carbocycles. The second kappa shape index (κ2) is 16.4. The van der Waals surface area contributed by atoms with Gasteiger partial charge in [-0.3, -0.25) is 0 Å². The first-order chi connectivity index (χ1) is 33.6. The van der Waals surface area contributed by atoms with Crippen molar-refractivity contribution in [2.45, 2.75) is 0 Å². The molecule has 0 spiro atoms. The molecule has 0 atom stereocenters. The fraction of sp³-hybridized carbons (Fsp3) is 0. The van der Waals surface area contributed by atoms with Crippen LogP contribution in [0.1, 0.15) is 13.8 Å². The molecule has 11 rings (SSSR count). The standard InChI is InChI=1S/C59H39N3S/c1-2-39-21-23-43(24-22-39)44-25-27-45(28-26-44)57-60-58(48-20-12-19-46(33-48)40-13-6-3-7-14-40)62-59(61-57)49-29-31-53-54-37-47(30-32-55(54)63-56(53)38-49)52-35-50(41-15-8-4-9-16-41)34-51(36-52)42-17-10-5-11-18-42/h2-38H,1H2/i29D,30D,31D,32D,37D,38D. The van der Waals surface area contributed by atoms with Gasteiger partial charge in [-0.1, -0.05) is 189 Å². The normalized spacial score (nSPS) is 12.6. The van der Waals surface area contributed by atoms with Crippen molar-refractivity contribution in [3.63, 3.8) is 0 Å². The van der Waals surface area contributed by atoms with Gasteiger partial charge in [0.1, 0.15) is 0 Å². The van der Waals surface area contributed by atoms with Crippen molar-refractivity contribution < 1.29 is 8.22 Å². The molecule has 0 bridgehead atoms. The van der Waals surface area contributed by atoms with Crippen LogP contribution in [-0.4, -0.2) is 15.0 Å². The van der Waals surface area contributed by atoms with E-state index in [1.807, 2.05) is 182 Å². The molecule has 0 N–H and O–H groups in total. The highest BCUT2D eigenvalue weighted by atomic mass is 32.1. The molecule has 11 aromatic rings. The molecule has 0 aliphatic rings. The average molecular weight is 828 g/mol. The van der Waals surface area contributed by atoms with E-state index in [9.17, 15) is 8.22 Å². The van der Waals surface area contributed by atoms with Crippen LogP contribution in [0.3, 0.4) is 0 Å². The van der Waals surface area contributed by atoms with Gasteiger partial charge in [0.15, 0.2) is 17.5 Å². The second-order valence-corrected chi connectivity index (χ2v) is 16.2. The Morgan fingerprint density at radius 3 is 1.40 bits per heavy atom. The number of hydrogen-bond donors (Lipinski definition) is 0. The number of nitrogens with zero attached hydrogens (tertiary/aromatic N) is 3. The zero-order valence-electron chi connectivity index (χ0n) is 39.9. The summed E-state index contributed by atoms with van der Waals surface area (Å²) in [5.41, 5.74) is 11.0. The molecule has 2 aromatic heterocycles. The van der Waals surface area contributed by atoms with E-state index in [4.69, 9.17) is 15.0 Å². The molecule has 0 fully saturated rings. The van der Waals surface area contributed by atoms with Gasteiger partial charge in [0.05, 0.1) is 8.22 Å². The molecule has 0 radical (unpaired) electrons. The molecular weight excluding hydrogens is 783 g/mol. The van der Waals surface area contributed by atoms with Crippen molar-refractivity contribution in [1.82, 2.24) is 15.0 Å². The fourth-order valence-electron chi connectivity index (χ4n) is 7.85. The molecule has 296 valence electrons. The lowest BCUT2D eigenvalue weighted by Crippen LogP contribution is -2.00. The molecule has 0 saturated heterocycles. The van der Waals surface area contributed by atoms with Crippen LogP contribution in [0.2, 0.25) is 0 Å². The topological polar surface area (TPSA) is 38.7 Å². The summed E-state index contributed by atoms with van der Waals surface area (Å²) < 4.78 is 58.2. The Labute approximate surface area is 379 Å². The lowest BCUT2D eigenvalue weighted by atomic mass is 9.93. The maximum Gasteiger partial charge on any atom is 0.164 e. The van der Waals surface area contributed by atoms with Gasteiger partial charge in [0, 0.05) is 36.9 Å². The van der Waals surface area contributed by atoms with Crippen molar-refractivity contribution >= 4 is 37.6 Å². The van der Waals surface area contributed by atoms with Gasteiger partial charge in [-0.25, -0.2) is 15.0 Å². The maximum absolute atomic E-state index is 9.79. The second-order valence-electron chi connectivity index (χ2n) is 15.2. The Bertz CT molecular complexity index is 3730. The van der Waals surface area contributed by atoms with Crippen LogP contribution in [-0.2, 0) is 0 Å². The largest absolute Gasteiger partial charge is 0.208 e. The highest BCUT2D eigenvalue weighted by Crippen LogP contribution is 2.40. The van der Waals surface area contributed by atoms with E-state index in [-0.39, 0.29) is 64.0 Å². The van der Waals surface area contributed by atoms with E-state index in [1.54, 1.807) is 0 Å². The summed E-state index contributed by atoms with van der Waals surface area (Å²) >= 11 is 1.09. The van der Waals surface area contributed by atoms with Crippen LogP contribution in [0.4, 0.5) is 0 Å². The molecule has 0 unspecified atom stereocenters. The Hall–Kier alpha value is -8.05. The predicted molar refractivity (Wildman–Crippen MR) is 266 cm³/mol. The quantitative estimate of drug-likeness (QED) is 0.145. The van der Waals surface area contributed by atoms with E-state index in [0.717, 1.165) is 61.4 Å². The zero-order chi connectivity index (χ0) is 47.3. The van der Waals surface area contributed by atoms with Crippen LogP contribution in [0.25, 0.3) is 116 Å². The van der Waals surface area contributed by atoms with E-state index < -0.39 is 0 Å². The molecule has 0 amide bonds. The van der Waals surface area contributed by atoms with Gasteiger partial charge in [-0.2, -0.15) is 0 Å². The van der Waals surface area contributed by atoms with Crippen molar-refractivity contribution in [2.75, 3.05) is 0 Å². The van der Waals surface area contributed by atoms with Gasteiger partial charge < -0.3 is 0 Å². The summed E-state index contributed by atoms with van der Waals surface area (Å²) in [7, 11) is 0. The van der Waals surface area contributed by atoms with E-state index in [2.05, 4.69) is 12.6 Å². The van der Waals surface area contributed by atoms with Crippen LogP contribution in [0.5, 0.6) is 0 Å². The van der Waals surface area contributed by atoms with E-state index in [0.29, 0.717) is 37.7 Å². The molecule has 0 saturated carbocycles. The Morgan fingerprint density at radius 1 is 0.349 bits per heavy atom. The van der Waals surface area contributed by atoms with Crippen LogP contribution in [0.15, 0.2) is 225 Å². The maximum atomic E-state index is 9.79. The molecule has 63 heavy (non-hydrogen) atoms. The molecule has 4 heteroatoms. The van der Waals surface area contributed by atoms with E-state index in [1.165, 1.54) is 0 Å². The molecular formula is C59H39N3S. The first-order valence-electron chi connectivity index (χ1n) is 23.6.